The Morgan fingerprint density at radius 2 is 1.91 bits per heavy atom. The monoisotopic (exact) mass is 470 g/mol. The van der Waals surface area contributed by atoms with Gasteiger partial charge in [0.05, 0.1) is 13.7 Å². The summed E-state index contributed by atoms with van der Waals surface area (Å²) in [5, 5.41) is 0. The van der Waals surface area contributed by atoms with Crippen LogP contribution in [0.1, 0.15) is 17.0 Å². The quantitative estimate of drug-likeness (QED) is 0.500. The van der Waals surface area contributed by atoms with E-state index in [1.807, 2.05) is 23.1 Å². The first-order valence-corrected chi connectivity index (χ1v) is 11.6. The van der Waals surface area contributed by atoms with Crippen LogP contribution in [-0.2, 0) is 20.8 Å². The minimum atomic E-state index is -0.0156. The van der Waals surface area contributed by atoms with Crippen LogP contribution < -0.4 is 14.2 Å². The van der Waals surface area contributed by atoms with Gasteiger partial charge in [-0.05, 0) is 41.3 Å². The van der Waals surface area contributed by atoms with Crippen molar-refractivity contribution in [2.75, 3.05) is 67.5 Å². The number of rotatable bonds is 11. The third-order valence-electron chi connectivity index (χ3n) is 6.52. The van der Waals surface area contributed by atoms with E-state index < -0.39 is 0 Å². The number of benzene rings is 2. The SMILES string of the molecule is COCCN(CC1CN(Cc2ccc3c(c2)OCO3)CC1c1cccc(OC)c1)C(=O)COC. The summed E-state index contributed by atoms with van der Waals surface area (Å²) in [7, 11) is 4.89. The molecule has 2 aliphatic heterocycles. The summed E-state index contributed by atoms with van der Waals surface area (Å²) in [4.78, 5) is 17.1. The van der Waals surface area contributed by atoms with Crippen LogP contribution in [-0.4, -0.2) is 83.2 Å². The van der Waals surface area contributed by atoms with E-state index in [-0.39, 0.29) is 31.1 Å². The van der Waals surface area contributed by atoms with E-state index in [9.17, 15) is 4.79 Å². The number of carbonyl (C=O) groups is 1. The molecule has 2 unspecified atom stereocenters. The minimum Gasteiger partial charge on any atom is -0.497 e. The predicted molar refractivity (Wildman–Crippen MR) is 127 cm³/mol. The summed E-state index contributed by atoms with van der Waals surface area (Å²) >= 11 is 0. The van der Waals surface area contributed by atoms with E-state index in [1.54, 1.807) is 21.3 Å². The summed E-state index contributed by atoms with van der Waals surface area (Å²) in [5.41, 5.74) is 2.41. The Kier molecular flexibility index (Phi) is 8.26. The number of amides is 1. The molecule has 0 N–H and O–H groups in total. The molecule has 0 bridgehead atoms. The van der Waals surface area contributed by atoms with Gasteiger partial charge in [0.25, 0.3) is 0 Å². The molecule has 34 heavy (non-hydrogen) atoms. The summed E-state index contributed by atoms with van der Waals surface area (Å²) in [6, 6.07) is 14.4. The molecule has 0 spiro atoms. The standard InChI is InChI=1S/C26H34N2O6/c1-30-10-9-28(26(29)17-31-2)15-21-14-27(13-19-7-8-24-25(11-19)34-18-33-24)16-23(21)20-5-4-6-22(12-20)32-3/h4-8,11-12,21,23H,9-10,13-18H2,1-3H3. The van der Waals surface area contributed by atoms with Crippen LogP contribution in [0.3, 0.4) is 0 Å². The summed E-state index contributed by atoms with van der Waals surface area (Å²) < 4.78 is 26.9. The van der Waals surface area contributed by atoms with Gasteiger partial charge in [0, 0.05) is 52.9 Å². The molecule has 2 atom stereocenters. The van der Waals surface area contributed by atoms with Crippen LogP contribution in [0.2, 0.25) is 0 Å². The fraction of sp³-hybridized carbons (Fsp3) is 0.500. The van der Waals surface area contributed by atoms with E-state index in [0.717, 1.165) is 36.9 Å². The molecular formula is C26H34N2O6. The maximum absolute atomic E-state index is 12.7. The lowest BCUT2D eigenvalue weighted by Gasteiger charge is -2.28. The van der Waals surface area contributed by atoms with Gasteiger partial charge in [-0.2, -0.15) is 0 Å². The van der Waals surface area contributed by atoms with Gasteiger partial charge >= 0.3 is 0 Å². The van der Waals surface area contributed by atoms with Crippen molar-refractivity contribution in [3.05, 3.63) is 53.6 Å². The molecule has 2 aliphatic rings. The Balaban J connectivity index is 1.53. The Hall–Kier alpha value is -2.81. The molecule has 0 aromatic heterocycles. The average molecular weight is 471 g/mol. The van der Waals surface area contributed by atoms with Crippen LogP contribution in [0, 0.1) is 5.92 Å². The Morgan fingerprint density at radius 1 is 1.06 bits per heavy atom. The van der Waals surface area contributed by atoms with Gasteiger partial charge in [-0.1, -0.05) is 18.2 Å². The molecular weight excluding hydrogens is 436 g/mol. The molecule has 2 aromatic rings. The van der Waals surface area contributed by atoms with Crippen LogP contribution in [0.15, 0.2) is 42.5 Å². The second kappa shape index (κ2) is 11.6. The Morgan fingerprint density at radius 3 is 2.71 bits per heavy atom. The van der Waals surface area contributed by atoms with Crippen LogP contribution in [0.5, 0.6) is 17.2 Å². The predicted octanol–water partition coefficient (Wildman–Crippen LogP) is 2.76. The van der Waals surface area contributed by atoms with E-state index >= 15 is 0 Å². The van der Waals surface area contributed by atoms with Gasteiger partial charge in [0.1, 0.15) is 12.4 Å². The minimum absolute atomic E-state index is 0.0156. The summed E-state index contributed by atoms with van der Waals surface area (Å²) in [5.74, 6) is 2.95. The maximum atomic E-state index is 12.7. The number of methoxy groups -OCH3 is 3. The number of likely N-dealkylation sites (tertiary alicyclic amines) is 1. The van der Waals surface area contributed by atoms with E-state index in [2.05, 4.69) is 29.2 Å². The van der Waals surface area contributed by atoms with Crippen molar-refractivity contribution >= 4 is 5.91 Å². The number of hydrogen-bond donors (Lipinski definition) is 0. The lowest BCUT2D eigenvalue weighted by Crippen LogP contribution is -2.41. The Bertz CT molecular complexity index is 968. The summed E-state index contributed by atoms with van der Waals surface area (Å²) in [6.45, 7) is 4.59. The molecule has 0 radical (unpaired) electrons. The van der Waals surface area contributed by atoms with Gasteiger partial charge < -0.3 is 28.6 Å². The molecule has 4 rings (SSSR count). The lowest BCUT2D eigenvalue weighted by atomic mass is 9.88. The highest BCUT2D eigenvalue weighted by Gasteiger charge is 2.36. The van der Waals surface area contributed by atoms with Crippen LogP contribution in [0.4, 0.5) is 0 Å². The van der Waals surface area contributed by atoms with Crippen LogP contribution in [0.25, 0.3) is 0 Å². The summed E-state index contributed by atoms with van der Waals surface area (Å²) in [6.07, 6.45) is 0. The molecule has 2 aromatic carbocycles. The number of nitrogens with zero attached hydrogens (tertiary/aromatic N) is 2. The fourth-order valence-electron chi connectivity index (χ4n) is 4.84. The van der Waals surface area contributed by atoms with Crippen molar-refractivity contribution in [3.63, 3.8) is 0 Å². The molecule has 1 saturated heterocycles. The zero-order valence-corrected chi connectivity index (χ0v) is 20.2. The van der Waals surface area contributed by atoms with Crippen molar-refractivity contribution < 1.29 is 28.5 Å². The van der Waals surface area contributed by atoms with Gasteiger partial charge in [-0.25, -0.2) is 0 Å². The first-order chi connectivity index (χ1) is 16.6. The number of ether oxygens (including phenoxy) is 5. The van der Waals surface area contributed by atoms with E-state index in [0.29, 0.717) is 19.7 Å². The van der Waals surface area contributed by atoms with Crippen molar-refractivity contribution in [1.29, 1.82) is 0 Å². The van der Waals surface area contributed by atoms with E-state index in [1.165, 1.54) is 11.1 Å². The van der Waals surface area contributed by atoms with Crippen LogP contribution >= 0.6 is 0 Å². The smallest absolute Gasteiger partial charge is 0.248 e. The van der Waals surface area contributed by atoms with Crippen molar-refractivity contribution in [1.82, 2.24) is 9.80 Å². The second-order valence-corrected chi connectivity index (χ2v) is 8.79. The Labute approximate surface area is 201 Å². The molecule has 184 valence electrons. The highest BCUT2D eigenvalue weighted by Crippen LogP contribution is 2.37. The largest absolute Gasteiger partial charge is 0.497 e. The third kappa shape index (κ3) is 5.81. The van der Waals surface area contributed by atoms with Gasteiger partial charge in [-0.15, -0.1) is 0 Å². The first kappa shape index (κ1) is 24.3. The number of hydrogen-bond acceptors (Lipinski definition) is 7. The van der Waals surface area contributed by atoms with Crippen molar-refractivity contribution in [3.8, 4) is 17.2 Å². The maximum Gasteiger partial charge on any atom is 0.248 e. The molecule has 8 nitrogen and oxygen atoms in total. The zero-order chi connectivity index (χ0) is 23.9. The highest BCUT2D eigenvalue weighted by atomic mass is 16.7. The first-order valence-electron chi connectivity index (χ1n) is 11.6. The molecule has 1 fully saturated rings. The lowest BCUT2D eigenvalue weighted by molar-refractivity contribution is -0.136. The molecule has 1 amide bonds. The molecule has 2 heterocycles. The third-order valence-corrected chi connectivity index (χ3v) is 6.52. The van der Waals surface area contributed by atoms with Crippen molar-refractivity contribution in [2.45, 2.75) is 12.5 Å². The zero-order valence-electron chi connectivity index (χ0n) is 20.2. The second-order valence-electron chi connectivity index (χ2n) is 8.79. The van der Waals surface area contributed by atoms with Gasteiger partial charge in [-0.3, -0.25) is 9.69 Å². The highest BCUT2D eigenvalue weighted by molar-refractivity contribution is 5.77. The molecule has 0 aliphatic carbocycles. The molecule has 0 saturated carbocycles. The van der Waals surface area contributed by atoms with Gasteiger partial charge in [0.15, 0.2) is 11.5 Å². The molecule has 8 heteroatoms. The average Bonchev–Trinajstić information content (AvgIpc) is 3.48. The number of fused-ring (bicyclic) bond motifs is 1. The number of carbonyl (C=O) groups excluding carboxylic acids is 1. The normalized spacial score (nSPS) is 19.4. The topological polar surface area (TPSA) is 69.7 Å². The van der Waals surface area contributed by atoms with E-state index in [4.69, 9.17) is 23.7 Å². The van der Waals surface area contributed by atoms with Gasteiger partial charge in [0.2, 0.25) is 12.7 Å². The van der Waals surface area contributed by atoms with Crippen molar-refractivity contribution in [2.24, 2.45) is 5.92 Å². The fourth-order valence-corrected chi connectivity index (χ4v) is 4.84.